The molecule has 0 radical (unpaired) electrons. The normalized spacial score (nSPS) is 20.3. The smallest absolute Gasteiger partial charge is 0.240 e. The van der Waals surface area contributed by atoms with Crippen molar-refractivity contribution in [2.45, 2.75) is 23.3 Å². The third-order valence-electron chi connectivity index (χ3n) is 3.56. The van der Waals surface area contributed by atoms with E-state index in [2.05, 4.69) is 9.62 Å². The second kappa shape index (κ2) is 5.58. The zero-order chi connectivity index (χ0) is 13.9. The Morgan fingerprint density at radius 2 is 1.84 bits per heavy atom. The SMILES string of the molecule is CN1CCC(O)(CNS(=O)(=O)c2ccccc2)CC1. The van der Waals surface area contributed by atoms with E-state index in [-0.39, 0.29) is 11.4 Å². The second-order valence-corrected chi connectivity index (χ2v) is 6.93. The van der Waals surface area contributed by atoms with E-state index in [9.17, 15) is 13.5 Å². The zero-order valence-corrected chi connectivity index (χ0v) is 11.9. The van der Waals surface area contributed by atoms with E-state index < -0.39 is 15.6 Å². The molecule has 2 N–H and O–H groups in total. The lowest BCUT2D eigenvalue weighted by molar-refractivity contribution is -0.0104. The summed E-state index contributed by atoms with van der Waals surface area (Å²) in [7, 11) is -1.54. The van der Waals surface area contributed by atoms with Crippen LogP contribution < -0.4 is 4.72 Å². The maximum Gasteiger partial charge on any atom is 0.240 e. The van der Waals surface area contributed by atoms with Gasteiger partial charge in [-0.15, -0.1) is 0 Å². The van der Waals surface area contributed by atoms with Gasteiger partial charge in [0.1, 0.15) is 0 Å². The Bertz CT molecular complexity index is 508. The number of benzene rings is 1. The number of hydrogen-bond donors (Lipinski definition) is 2. The molecule has 1 heterocycles. The van der Waals surface area contributed by atoms with Crippen LogP contribution in [0.2, 0.25) is 0 Å². The lowest BCUT2D eigenvalue weighted by Gasteiger charge is -2.36. The number of nitrogens with one attached hydrogen (secondary N) is 1. The molecule has 1 fully saturated rings. The number of piperidine rings is 1. The van der Waals surface area contributed by atoms with Gasteiger partial charge in [0.2, 0.25) is 10.0 Å². The van der Waals surface area contributed by atoms with Crippen LogP contribution in [0.15, 0.2) is 35.2 Å². The summed E-state index contributed by atoms with van der Waals surface area (Å²) >= 11 is 0. The van der Waals surface area contributed by atoms with Crippen molar-refractivity contribution in [3.63, 3.8) is 0 Å². The second-order valence-electron chi connectivity index (χ2n) is 5.17. The zero-order valence-electron chi connectivity index (χ0n) is 11.0. The van der Waals surface area contributed by atoms with Crippen molar-refractivity contribution in [1.29, 1.82) is 0 Å². The molecule has 1 saturated heterocycles. The lowest BCUT2D eigenvalue weighted by Crippen LogP contribution is -2.49. The fourth-order valence-corrected chi connectivity index (χ4v) is 3.26. The predicted molar refractivity (Wildman–Crippen MR) is 73.3 cm³/mol. The minimum atomic E-state index is -3.53. The Morgan fingerprint density at radius 1 is 1.26 bits per heavy atom. The number of likely N-dealkylation sites (tertiary alicyclic amines) is 1. The molecular formula is C13H20N2O3S. The highest BCUT2D eigenvalue weighted by Crippen LogP contribution is 2.21. The average Bonchev–Trinajstić information content (AvgIpc) is 2.42. The summed E-state index contributed by atoms with van der Waals surface area (Å²) in [4.78, 5) is 2.35. The van der Waals surface area contributed by atoms with Crippen LogP contribution in [0.25, 0.3) is 0 Å². The first kappa shape index (κ1) is 14.5. The van der Waals surface area contributed by atoms with Crippen molar-refractivity contribution in [3.05, 3.63) is 30.3 Å². The van der Waals surface area contributed by atoms with Gasteiger partial charge in [-0.3, -0.25) is 0 Å². The van der Waals surface area contributed by atoms with E-state index in [1.807, 2.05) is 7.05 Å². The molecule has 0 atom stereocenters. The van der Waals surface area contributed by atoms with Crippen LogP contribution >= 0.6 is 0 Å². The maximum absolute atomic E-state index is 12.0. The number of nitrogens with zero attached hydrogens (tertiary/aromatic N) is 1. The Hall–Kier alpha value is -0.950. The van der Waals surface area contributed by atoms with Gasteiger partial charge < -0.3 is 10.0 Å². The number of aliphatic hydroxyl groups is 1. The molecule has 1 aliphatic heterocycles. The van der Waals surface area contributed by atoms with Crippen molar-refractivity contribution < 1.29 is 13.5 Å². The average molecular weight is 284 g/mol. The number of rotatable bonds is 4. The highest BCUT2D eigenvalue weighted by Gasteiger charge is 2.32. The first-order valence-corrected chi connectivity index (χ1v) is 7.85. The summed E-state index contributed by atoms with van der Waals surface area (Å²) in [6, 6.07) is 8.21. The van der Waals surface area contributed by atoms with E-state index in [1.165, 1.54) is 0 Å². The Balaban J connectivity index is 1.99. The van der Waals surface area contributed by atoms with Gasteiger partial charge in [-0.2, -0.15) is 0 Å². The number of hydrogen-bond acceptors (Lipinski definition) is 4. The van der Waals surface area contributed by atoms with Gasteiger partial charge in [0.15, 0.2) is 0 Å². The first-order chi connectivity index (χ1) is 8.91. The van der Waals surface area contributed by atoms with Crippen molar-refractivity contribution in [2.75, 3.05) is 26.7 Å². The van der Waals surface area contributed by atoms with Gasteiger partial charge in [0.05, 0.1) is 10.5 Å². The van der Waals surface area contributed by atoms with Crippen LogP contribution in [0.4, 0.5) is 0 Å². The van der Waals surface area contributed by atoms with Gasteiger partial charge in [0, 0.05) is 19.6 Å². The fourth-order valence-electron chi connectivity index (χ4n) is 2.12. The molecule has 0 bridgehead atoms. The summed E-state index contributed by atoms with van der Waals surface area (Å²) in [6.07, 6.45) is 1.17. The van der Waals surface area contributed by atoms with Crippen molar-refractivity contribution in [1.82, 2.24) is 9.62 Å². The highest BCUT2D eigenvalue weighted by atomic mass is 32.2. The molecule has 0 aromatic heterocycles. The van der Waals surface area contributed by atoms with Crippen LogP contribution in [0, 0.1) is 0 Å². The molecule has 19 heavy (non-hydrogen) atoms. The van der Waals surface area contributed by atoms with Crippen molar-refractivity contribution in [3.8, 4) is 0 Å². The molecule has 2 rings (SSSR count). The van der Waals surface area contributed by atoms with Crippen molar-refractivity contribution in [2.24, 2.45) is 0 Å². The van der Waals surface area contributed by atoms with Gasteiger partial charge in [0.25, 0.3) is 0 Å². The standard InChI is InChI=1S/C13H20N2O3S/c1-15-9-7-13(16,8-10-15)11-14-19(17,18)12-5-3-2-4-6-12/h2-6,14,16H,7-11H2,1H3. The van der Waals surface area contributed by atoms with E-state index in [0.717, 1.165) is 13.1 Å². The maximum atomic E-state index is 12.0. The van der Waals surface area contributed by atoms with Crippen LogP contribution in [0.5, 0.6) is 0 Å². The summed E-state index contributed by atoms with van der Waals surface area (Å²) in [5.74, 6) is 0. The minimum Gasteiger partial charge on any atom is -0.388 e. The molecule has 0 amide bonds. The van der Waals surface area contributed by atoms with Gasteiger partial charge in [-0.05, 0) is 32.0 Å². The molecule has 0 unspecified atom stereocenters. The number of sulfonamides is 1. The molecule has 0 spiro atoms. The van der Waals surface area contributed by atoms with E-state index in [4.69, 9.17) is 0 Å². The van der Waals surface area contributed by atoms with Gasteiger partial charge in [-0.1, -0.05) is 18.2 Å². The summed E-state index contributed by atoms with van der Waals surface area (Å²) in [5, 5.41) is 10.3. The third-order valence-corrected chi connectivity index (χ3v) is 4.98. The Kier molecular flexibility index (Phi) is 4.25. The molecule has 1 aromatic rings. The Labute approximate surface area is 114 Å². The molecular weight excluding hydrogens is 264 g/mol. The summed E-state index contributed by atoms with van der Waals surface area (Å²) in [5.41, 5.74) is -0.936. The first-order valence-electron chi connectivity index (χ1n) is 6.37. The molecule has 6 heteroatoms. The van der Waals surface area contributed by atoms with Crippen molar-refractivity contribution >= 4 is 10.0 Å². The minimum absolute atomic E-state index is 0.0675. The molecule has 5 nitrogen and oxygen atoms in total. The van der Waals surface area contributed by atoms with Crippen LogP contribution in [-0.4, -0.2) is 50.7 Å². The van der Waals surface area contributed by atoms with Crippen LogP contribution in [0.3, 0.4) is 0 Å². The van der Waals surface area contributed by atoms with Gasteiger partial charge >= 0.3 is 0 Å². The topological polar surface area (TPSA) is 69.6 Å². The predicted octanol–water partition coefficient (Wildman–Crippen LogP) is 0.422. The lowest BCUT2D eigenvalue weighted by atomic mass is 9.92. The molecule has 0 aliphatic carbocycles. The monoisotopic (exact) mass is 284 g/mol. The molecule has 1 aromatic carbocycles. The molecule has 1 aliphatic rings. The Morgan fingerprint density at radius 3 is 2.42 bits per heavy atom. The van der Waals surface area contributed by atoms with Crippen LogP contribution in [0.1, 0.15) is 12.8 Å². The highest BCUT2D eigenvalue weighted by molar-refractivity contribution is 7.89. The summed E-state index contributed by atoms with van der Waals surface area (Å²) in [6.45, 7) is 1.63. The summed E-state index contributed by atoms with van der Waals surface area (Å²) < 4.78 is 26.6. The van der Waals surface area contributed by atoms with E-state index in [1.54, 1.807) is 30.3 Å². The quantitative estimate of drug-likeness (QED) is 0.841. The van der Waals surface area contributed by atoms with E-state index in [0.29, 0.717) is 12.8 Å². The van der Waals surface area contributed by atoms with Crippen LogP contribution in [-0.2, 0) is 10.0 Å². The molecule has 106 valence electrons. The largest absolute Gasteiger partial charge is 0.388 e. The van der Waals surface area contributed by atoms with E-state index >= 15 is 0 Å². The third kappa shape index (κ3) is 3.76. The van der Waals surface area contributed by atoms with Gasteiger partial charge in [-0.25, -0.2) is 13.1 Å². The molecule has 0 saturated carbocycles. The fraction of sp³-hybridized carbons (Fsp3) is 0.538.